The molecule has 1 aromatic rings. The van der Waals surface area contributed by atoms with Crippen LogP contribution in [0.1, 0.15) is 18.9 Å². The predicted octanol–water partition coefficient (Wildman–Crippen LogP) is 2.83. The van der Waals surface area contributed by atoms with Gasteiger partial charge in [-0.1, -0.05) is 30.7 Å². The molecule has 0 amide bonds. The van der Waals surface area contributed by atoms with E-state index < -0.39 is 10.0 Å². The van der Waals surface area contributed by atoms with Gasteiger partial charge in [-0.25, -0.2) is 8.42 Å². The van der Waals surface area contributed by atoms with Crippen molar-refractivity contribution in [3.8, 4) is 12.3 Å². The molecular weight excluding hydrogens is 270 g/mol. The van der Waals surface area contributed by atoms with Crippen LogP contribution < -0.4 is 0 Å². The summed E-state index contributed by atoms with van der Waals surface area (Å²) in [4.78, 5) is 0.302. The summed E-state index contributed by atoms with van der Waals surface area (Å²) in [5.41, 5.74) is 1.03. The van der Waals surface area contributed by atoms with Gasteiger partial charge >= 0.3 is 0 Å². The van der Waals surface area contributed by atoms with Gasteiger partial charge < -0.3 is 0 Å². The van der Waals surface area contributed by atoms with Crippen molar-refractivity contribution in [2.24, 2.45) is 5.92 Å². The second-order valence-corrected chi connectivity index (χ2v) is 6.78. The van der Waals surface area contributed by atoms with E-state index in [0.717, 1.165) is 5.56 Å². The van der Waals surface area contributed by atoms with E-state index in [9.17, 15) is 8.42 Å². The molecule has 0 spiro atoms. The number of aryl methyl sites for hydroxylation is 1. The average molecular weight is 291 g/mol. The van der Waals surface area contributed by atoms with Crippen molar-refractivity contribution < 1.29 is 8.42 Å². The van der Waals surface area contributed by atoms with Crippen LogP contribution in [0.25, 0.3) is 0 Å². The molecule has 0 unspecified atom stereocenters. The molecule has 4 heteroatoms. The summed E-state index contributed by atoms with van der Waals surface area (Å²) < 4.78 is 26.7. The van der Waals surface area contributed by atoms with Crippen molar-refractivity contribution in [2.75, 3.05) is 13.1 Å². The molecular formula is C16H21NO2S. The van der Waals surface area contributed by atoms with Crippen LogP contribution in [0, 0.1) is 25.2 Å². The minimum atomic E-state index is -3.51. The smallest absolute Gasteiger partial charge is 0.207 e. The molecule has 0 aliphatic rings. The van der Waals surface area contributed by atoms with E-state index in [1.807, 2.05) is 13.8 Å². The van der Waals surface area contributed by atoms with E-state index in [4.69, 9.17) is 6.42 Å². The summed E-state index contributed by atoms with van der Waals surface area (Å²) in [7, 11) is -3.51. The van der Waals surface area contributed by atoms with Gasteiger partial charge in [-0.2, -0.15) is 4.31 Å². The second kappa shape index (κ2) is 7.28. The standard InChI is InChI=1S/C16H21NO2S/c1-5-7-12-17(13-14(3)6-2)20(18,19)16-10-8-15(4)9-11-16/h1,6,8-11,14H,2,7,12-13H2,3-4H3/t14-/m0/s1. The molecule has 0 fully saturated rings. The zero-order chi connectivity index (χ0) is 15.2. The van der Waals surface area contributed by atoms with Crippen LogP contribution in [0.2, 0.25) is 0 Å². The van der Waals surface area contributed by atoms with Gasteiger partial charge in [0, 0.05) is 19.5 Å². The normalized spacial score (nSPS) is 12.9. The number of hydrogen-bond acceptors (Lipinski definition) is 2. The summed E-state index contributed by atoms with van der Waals surface area (Å²) in [6, 6.07) is 6.85. The lowest BCUT2D eigenvalue weighted by Crippen LogP contribution is -2.35. The Morgan fingerprint density at radius 1 is 1.40 bits per heavy atom. The Balaban J connectivity index is 3.06. The van der Waals surface area contributed by atoms with Crippen molar-refractivity contribution >= 4 is 10.0 Å². The first kappa shape index (κ1) is 16.5. The maximum Gasteiger partial charge on any atom is 0.243 e. The van der Waals surface area contributed by atoms with E-state index in [1.54, 1.807) is 30.3 Å². The van der Waals surface area contributed by atoms with Crippen LogP contribution in [0.5, 0.6) is 0 Å². The largest absolute Gasteiger partial charge is 0.243 e. The third kappa shape index (κ3) is 4.22. The van der Waals surface area contributed by atoms with Gasteiger partial charge in [-0.3, -0.25) is 0 Å². The molecule has 0 heterocycles. The number of nitrogens with zero attached hydrogens (tertiary/aromatic N) is 1. The maximum absolute atomic E-state index is 12.6. The molecule has 0 saturated heterocycles. The molecule has 3 nitrogen and oxygen atoms in total. The first-order chi connectivity index (χ1) is 9.41. The van der Waals surface area contributed by atoms with Crippen LogP contribution in [0.3, 0.4) is 0 Å². The highest BCUT2D eigenvalue weighted by Gasteiger charge is 2.24. The molecule has 0 radical (unpaired) electrons. The third-order valence-corrected chi connectivity index (χ3v) is 4.94. The Morgan fingerprint density at radius 2 is 2.00 bits per heavy atom. The van der Waals surface area contributed by atoms with Gasteiger partial charge in [0.1, 0.15) is 0 Å². The van der Waals surface area contributed by atoms with Crippen LogP contribution in [-0.4, -0.2) is 25.8 Å². The van der Waals surface area contributed by atoms with Crippen molar-refractivity contribution in [1.29, 1.82) is 0 Å². The number of sulfonamides is 1. The fourth-order valence-corrected chi connectivity index (χ4v) is 3.30. The van der Waals surface area contributed by atoms with E-state index in [2.05, 4.69) is 12.5 Å². The third-order valence-electron chi connectivity index (χ3n) is 3.06. The predicted molar refractivity (Wildman–Crippen MR) is 82.7 cm³/mol. The zero-order valence-electron chi connectivity index (χ0n) is 12.0. The van der Waals surface area contributed by atoms with Crippen molar-refractivity contribution in [3.05, 3.63) is 42.5 Å². The quantitative estimate of drug-likeness (QED) is 0.572. The van der Waals surface area contributed by atoms with Crippen molar-refractivity contribution in [1.82, 2.24) is 4.31 Å². The summed E-state index contributed by atoms with van der Waals surface area (Å²) in [5, 5.41) is 0. The van der Waals surface area contributed by atoms with E-state index in [1.165, 1.54) is 4.31 Å². The molecule has 0 aliphatic carbocycles. The minimum absolute atomic E-state index is 0.0768. The van der Waals surface area contributed by atoms with Gasteiger partial charge in [-0.15, -0.1) is 18.9 Å². The second-order valence-electron chi connectivity index (χ2n) is 4.84. The highest BCUT2D eigenvalue weighted by Crippen LogP contribution is 2.18. The molecule has 1 atom stereocenters. The molecule has 0 aromatic heterocycles. The first-order valence-corrected chi connectivity index (χ1v) is 7.98. The Morgan fingerprint density at radius 3 is 2.50 bits per heavy atom. The van der Waals surface area contributed by atoms with Gasteiger partial charge in [-0.05, 0) is 25.0 Å². The molecule has 108 valence electrons. The molecule has 0 aliphatic heterocycles. The Kier molecular flexibility index (Phi) is 6.00. The molecule has 0 bridgehead atoms. The topological polar surface area (TPSA) is 37.4 Å². The highest BCUT2D eigenvalue weighted by molar-refractivity contribution is 7.89. The lowest BCUT2D eigenvalue weighted by molar-refractivity contribution is 0.388. The lowest BCUT2D eigenvalue weighted by atomic mass is 10.2. The van der Waals surface area contributed by atoms with E-state index in [-0.39, 0.29) is 5.92 Å². The van der Waals surface area contributed by atoms with Crippen molar-refractivity contribution in [3.63, 3.8) is 0 Å². The van der Waals surface area contributed by atoms with Crippen LogP contribution >= 0.6 is 0 Å². The number of rotatable bonds is 7. The summed E-state index contributed by atoms with van der Waals surface area (Å²) in [6.45, 7) is 8.27. The SMILES string of the molecule is C#CCCN(C[C@@H](C)C=C)S(=O)(=O)c1ccc(C)cc1. The Bertz CT molecular complexity index is 582. The number of hydrogen-bond donors (Lipinski definition) is 0. The van der Waals surface area contributed by atoms with Crippen LogP contribution in [0.4, 0.5) is 0 Å². The monoisotopic (exact) mass is 291 g/mol. The van der Waals surface area contributed by atoms with Crippen LogP contribution in [0.15, 0.2) is 41.8 Å². The lowest BCUT2D eigenvalue weighted by Gasteiger charge is -2.23. The van der Waals surface area contributed by atoms with Crippen molar-refractivity contribution in [2.45, 2.75) is 25.2 Å². The minimum Gasteiger partial charge on any atom is -0.207 e. The summed E-state index contributed by atoms with van der Waals surface area (Å²) in [6.07, 6.45) is 7.39. The van der Waals surface area contributed by atoms with Gasteiger partial charge in [0.2, 0.25) is 10.0 Å². The van der Waals surface area contributed by atoms with Gasteiger partial charge in [0.25, 0.3) is 0 Å². The molecule has 1 aromatic carbocycles. The molecule has 0 saturated carbocycles. The zero-order valence-corrected chi connectivity index (χ0v) is 12.9. The summed E-state index contributed by atoms with van der Waals surface area (Å²) >= 11 is 0. The van der Waals surface area contributed by atoms with Gasteiger partial charge in [0.15, 0.2) is 0 Å². The number of terminal acetylenes is 1. The molecule has 1 rings (SSSR count). The molecule has 0 N–H and O–H groups in total. The summed E-state index contributed by atoms with van der Waals surface area (Å²) in [5.74, 6) is 2.57. The first-order valence-electron chi connectivity index (χ1n) is 6.54. The highest BCUT2D eigenvalue weighted by atomic mass is 32.2. The van der Waals surface area contributed by atoms with E-state index >= 15 is 0 Å². The van der Waals surface area contributed by atoms with Crippen LogP contribution in [-0.2, 0) is 10.0 Å². The van der Waals surface area contributed by atoms with E-state index in [0.29, 0.717) is 24.4 Å². The fraction of sp³-hybridized carbons (Fsp3) is 0.375. The fourth-order valence-electron chi connectivity index (χ4n) is 1.75. The molecule has 20 heavy (non-hydrogen) atoms. The maximum atomic E-state index is 12.6. The average Bonchev–Trinajstić information content (AvgIpc) is 2.43. The number of benzene rings is 1. The Hall–Kier alpha value is -1.57. The van der Waals surface area contributed by atoms with Gasteiger partial charge in [0.05, 0.1) is 4.90 Å². The Labute approximate surface area is 122 Å².